The van der Waals surface area contributed by atoms with Crippen molar-refractivity contribution in [2.24, 2.45) is 5.92 Å². The fraction of sp³-hybridized carbons (Fsp3) is 0.448. The van der Waals surface area contributed by atoms with Gasteiger partial charge < -0.3 is 20.9 Å². The summed E-state index contributed by atoms with van der Waals surface area (Å²) in [6, 6.07) is 12.3. The first-order chi connectivity index (χ1) is 17.6. The number of carbonyl (C=O) groups is 1. The van der Waals surface area contributed by atoms with Gasteiger partial charge in [0, 0.05) is 36.1 Å². The zero-order chi connectivity index (χ0) is 26.6. The van der Waals surface area contributed by atoms with Crippen molar-refractivity contribution in [1.29, 1.82) is 0 Å². The van der Waals surface area contributed by atoms with Gasteiger partial charge in [-0.2, -0.15) is 4.98 Å². The molecule has 1 aliphatic rings. The summed E-state index contributed by atoms with van der Waals surface area (Å²) in [6.45, 7) is 9.87. The van der Waals surface area contributed by atoms with Crippen molar-refractivity contribution in [2.45, 2.75) is 52.4 Å². The maximum absolute atomic E-state index is 12.7. The minimum atomic E-state index is -0.232. The van der Waals surface area contributed by atoms with Crippen LogP contribution >= 0.6 is 0 Å². The number of fused-ring (bicyclic) bond motifs is 1. The molecule has 0 spiro atoms. The number of aryl methyl sites for hydroxylation is 1. The first kappa shape index (κ1) is 26.5. The van der Waals surface area contributed by atoms with Crippen LogP contribution in [0.1, 0.15) is 61.3 Å². The largest absolute Gasteiger partial charge is 0.352 e. The zero-order valence-corrected chi connectivity index (χ0v) is 22.9. The van der Waals surface area contributed by atoms with Crippen LogP contribution in [0.3, 0.4) is 0 Å². The standard InChI is InChI=1S/C29H39N7O/c1-7-30-27(37)23-17-31-28(35-26(23)34-25-10-8-9-24(33-25)29(2,3)4)32-22-14-13-20-15-19(18-36(5)6)11-12-21(20)16-22/h8-10,13-14,16-17,19H,7,11-12,15,18H2,1-6H3,(H,30,37)(H2,31,32,33,34,35). The molecule has 1 aromatic carbocycles. The van der Waals surface area contributed by atoms with Crippen LogP contribution < -0.4 is 16.0 Å². The molecule has 8 nitrogen and oxygen atoms in total. The molecule has 1 aliphatic carbocycles. The Kier molecular flexibility index (Phi) is 8.07. The predicted octanol–water partition coefficient (Wildman–Crippen LogP) is 5.07. The summed E-state index contributed by atoms with van der Waals surface area (Å²) in [6.07, 6.45) is 4.94. The van der Waals surface area contributed by atoms with E-state index in [0.717, 1.165) is 30.8 Å². The summed E-state index contributed by atoms with van der Waals surface area (Å²) >= 11 is 0. The Balaban J connectivity index is 1.58. The monoisotopic (exact) mass is 501 g/mol. The van der Waals surface area contributed by atoms with Crippen molar-refractivity contribution in [3.8, 4) is 0 Å². The van der Waals surface area contributed by atoms with E-state index in [1.54, 1.807) is 6.20 Å². The van der Waals surface area contributed by atoms with E-state index in [-0.39, 0.29) is 11.3 Å². The number of nitrogens with one attached hydrogen (secondary N) is 3. The van der Waals surface area contributed by atoms with E-state index in [2.05, 4.69) is 83.9 Å². The highest BCUT2D eigenvalue weighted by molar-refractivity contribution is 5.99. The molecule has 37 heavy (non-hydrogen) atoms. The lowest BCUT2D eigenvalue weighted by Crippen LogP contribution is -2.26. The van der Waals surface area contributed by atoms with Gasteiger partial charge in [-0.05, 0) is 81.6 Å². The van der Waals surface area contributed by atoms with Crippen LogP contribution in [0.25, 0.3) is 0 Å². The Bertz CT molecular complexity index is 1250. The predicted molar refractivity (Wildman–Crippen MR) is 150 cm³/mol. The summed E-state index contributed by atoms with van der Waals surface area (Å²) in [4.78, 5) is 28.9. The number of amides is 1. The van der Waals surface area contributed by atoms with Crippen molar-refractivity contribution in [3.05, 3.63) is 65.0 Å². The maximum atomic E-state index is 12.7. The molecule has 1 amide bonds. The Morgan fingerprint density at radius 3 is 2.62 bits per heavy atom. The molecular formula is C29H39N7O. The van der Waals surface area contributed by atoms with Gasteiger partial charge in [-0.25, -0.2) is 9.97 Å². The Labute approximate surface area is 220 Å². The lowest BCUT2D eigenvalue weighted by Gasteiger charge is -2.27. The van der Waals surface area contributed by atoms with Crippen molar-refractivity contribution in [2.75, 3.05) is 37.8 Å². The molecule has 0 bridgehead atoms. The van der Waals surface area contributed by atoms with Gasteiger partial charge in [0.2, 0.25) is 5.95 Å². The van der Waals surface area contributed by atoms with Crippen LogP contribution in [0.5, 0.6) is 0 Å². The molecule has 196 valence electrons. The Morgan fingerprint density at radius 2 is 1.89 bits per heavy atom. The van der Waals surface area contributed by atoms with Crippen molar-refractivity contribution < 1.29 is 4.79 Å². The number of benzene rings is 1. The van der Waals surface area contributed by atoms with Gasteiger partial charge in [0.05, 0.1) is 0 Å². The van der Waals surface area contributed by atoms with Crippen molar-refractivity contribution in [1.82, 2.24) is 25.2 Å². The van der Waals surface area contributed by atoms with Crippen LogP contribution in [0.2, 0.25) is 0 Å². The van der Waals surface area contributed by atoms with E-state index in [1.807, 2.05) is 25.1 Å². The van der Waals surface area contributed by atoms with Gasteiger partial charge in [0.1, 0.15) is 17.2 Å². The Hall–Kier alpha value is -3.52. The number of rotatable bonds is 8. The second-order valence-corrected chi connectivity index (χ2v) is 11.1. The molecule has 3 aromatic rings. The number of anilines is 4. The molecule has 8 heteroatoms. The van der Waals surface area contributed by atoms with E-state index in [1.165, 1.54) is 17.5 Å². The van der Waals surface area contributed by atoms with Gasteiger partial charge in [-0.1, -0.05) is 32.9 Å². The quantitative estimate of drug-likeness (QED) is 0.396. The summed E-state index contributed by atoms with van der Waals surface area (Å²) < 4.78 is 0. The number of nitrogens with zero attached hydrogens (tertiary/aromatic N) is 4. The number of carbonyl (C=O) groups excluding carboxylic acids is 1. The molecule has 0 fully saturated rings. The molecule has 0 aliphatic heterocycles. The van der Waals surface area contributed by atoms with Crippen LogP contribution in [0, 0.1) is 5.92 Å². The fourth-order valence-electron chi connectivity index (χ4n) is 4.71. The molecule has 0 saturated carbocycles. The first-order valence-electron chi connectivity index (χ1n) is 13.1. The number of hydrogen-bond acceptors (Lipinski definition) is 7. The smallest absolute Gasteiger partial charge is 0.256 e. The molecular weight excluding hydrogens is 462 g/mol. The third-order valence-corrected chi connectivity index (χ3v) is 6.55. The van der Waals surface area contributed by atoms with Gasteiger partial charge in [0.25, 0.3) is 5.91 Å². The topological polar surface area (TPSA) is 95.1 Å². The molecule has 3 N–H and O–H groups in total. The summed E-state index contributed by atoms with van der Waals surface area (Å²) in [5.74, 6) is 1.93. The van der Waals surface area contributed by atoms with Crippen molar-refractivity contribution >= 4 is 29.2 Å². The molecule has 2 heterocycles. The zero-order valence-electron chi connectivity index (χ0n) is 22.9. The number of pyridine rings is 1. The summed E-state index contributed by atoms with van der Waals surface area (Å²) in [7, 11) is 4.28. The SMILES string of the molecule is CCNC(=O)c1cnc(Nc2ccc3c(c2)CCC(CN(C)C)C3)nc1Nc1cccc(C(C)(C)C)n1. The third-order valence-electron chi connectivity index (χ3n) is 6.55. The molecule has 0 saturated heterocycles. The van der Waals surface area contributed by atoms with E-state index in [4.69, 9.17) is 4.98 Å². The highest BCUT2D eigenvalue weighted by Crippen LogP contribution is 2.30. The Morgan fingerprint density at radius 1 is 1.08 bits per heavy atom. The lowest BCUT2D eigenvalue weighted by molar-refractivity contribution is 0.0956. The third kappa shape index (κ3) is 6.83. The van der Waals surface area contributed by atoms with Gasteiger partial charge in [-0.15, -0.1) is 0 Å². The second-order valence-electron chi connectivity index (χ2n) is 11.1. The second kappa shape index (κ2) is 11.3. The maximum Gasteiger partial charge on any atom is 0.256 e. The van der Waals surface area contributed by atoms with E-state index < -0.39 is 0 Å². The minimum absolute atomic E-state index is 0.0998. The van der Waals surface area contributed by atoms with Crippen LogP contribution in [-0.2, 0) is 18.3 Å². The molecule has 2 aromatic heterocycles. The van der Waals surface area contributed by atoms with Crippen LogP contribution in [0.4, 0.5) is 23.3 Å². The molecule has 4 rings (SSSR count). The highest BCUT2D eigenvalue weighted by Gasteiger charge is 2.21. The minimum Gasteiger partial charge on any atom is -0.352 e. The van der Waals surface area contributed by atoms with Crippen molar-refractivity contribution in [3.63, 3.8) is 0 Å². The summed E-state index contributed by atoms with van der Waals surface area (Å²) in [5, 5.41) is 9.43. The van der Waals surface area contributed by atoms with E-state index in [0.29, 0.717) is 35.6 Å². The van der Waals surface area contributed by atoms with E-state index >= 15 is 0 Å². The molecule has 1 atom stereocenters. The van der Waals surface area contributed by atoms with E-state index in [9.17, 15) is 4.79 Å². The van der Waals surface area contributed by atoms with Gasteiger partial charge in [-0.3, -0.25) is 4.79 Å². The average Bonchev–Trinajstić information content (AvgIpc) is 2.84. The summed E-state index contributed by atoms with van der Waals surface area (Å²) in [5.41, 5.74) is 4.95. The number of hydrogen-bond donors (Lipinski definition) is 3. The molecule has 1 unspecified atom stereocenters. The van der Waals surface area contributed by atoms with Crippen LogP contribution in [0.15, 0.2) is 42.6 Å². The highest BCUT2D eigenvalue weighted by atomic mass is 16.1. The first-order valence-corrected chi connectivity index (χ1v) is 13.1. The average molecular weight is 502 g/mol. The lowest BCUT2D eigenvalue weighted by atomic mass is 9.83. The van der Waals surface area contributed by atoms with Gasteiger partial charge in [0.15, 0.2) is 0 Å². The van der Waals surface area contributed by atoms with Crippen LogP contribution in [-0.4, -0.2) is 52.9 Å². The number of aromatic nitrogens is 3. The fourth-order valence-corrected chi connectivity index (χ4v) is 4.71. The normalized spacial score (nSPS) is 15.3. The van der Waals surface area contributed by atoms with Gasteiger partial charge >= 0.3 is 0 Å². The molecule has 0 radical (unpaired) electrons.